The number of aromatic hydroxyl groups is 1. The first kappa shape index (κ1) is 17.1. The molecule has 1 aromatic rings. The lowest BCUT2D eigenvalue weighted by atomic mass is 9.73. The highest BCUT2D eigenvalue weighted by molar-refractivity contribution is 5.45. The Morgan fingerprint density at radius 1 is 1.04 bits per heavy atom. The monoisotopic (exact) mass is 355 g/mol. The summed E-state index contributed by atoms with van der Waals surface area (Å²) < 4.78 is 0. The second-order valence-electron chi connectivity index (χ2n) is 9.73. The van der Waals surface area contributed by atoms with Crippen LogP contribution in [-0.4, -0.2) is 39.8 Å². The number of phenolic OH excluding ortho intramolecular Hbond substituents is 1. The fraction of sp³-hybridized carbons (Fsp3) is 0.739. The first-order chi connectivity index (χ1) is 12.6. The number of benzene rings is 1. The van der Waals surface area contributed by atoms with Crippen LogP contribution in [-0.2, 0) is 11.8 Å². The number of rotatable bonds is 3. The molecule has 1 saturated heterocycles. The van der Waals surface area contributed by atoms with Gasteiger partial charge in [-0.15, -0.1) is 0 Å². The molecule has 2 saturated carbocycles. The van der Waals surface area contributed by atoms with E-state index in [0.29, 0.717) is 11.8 Å². The number of nitrogens with zero attached hydrogens (tertiary/aromatic N) is 1. The fourth-order valence-corrected chi connectivity index (χ4v) is 6.48. The van der Waals surface area contributed by atoms with Crippen LogP contribution in [0.3, 0.4) is 0 Å². The summed E-state index contributed by atoms with van der Waals surface area (Å²) in [6.45, 7) is 2.29. The topological polar surface area (TPSA) is 43.7 Å². The molecule has 0 bridgehead atoms. The molecule has 3 aliphatic carbocycles. The van der Waals surface area contributed by atoms with E-state index in [9.17, 15) is 10.2 Å². The molecule has 0 aromatic heterocycles. The highest BCUT2D eigenvalue weighted by atomic mass is 16.3. The molecule has 0 amide bonds. The SMILES string of the molecule is Oc1ccc2c(c1)CCC21CC(C2(O)CCCCC2)N(CC2CCC2)C1. The Morgan fingerprint density at radius 3 is 2.58 bits per heavy atom. The van der Waals surface area contributed by atoms with Crippen molar-refractivity contribution in [2.45, 2.75) is 87.7 Å². The summed E-state index contributed by atoms with van der Waals surface area (Å²) in [6.07, 6.45) is 13.1. The van der Waals surface area contributed by atoms with Crippen LogP contribution in [0.5, 0.6) is 5.75 Å². The highest BCUT2D eigenvalue weighted by Gasteiger charge is 2.54. The standard InChI is InChI=1S/C23H33NO2/c25-19-7-8-20-18(13-19)9-12-22(20)14-21(23(26)10-2-1-3-11-23)24(16-22)15-17-5-4-6-17/h7-8,13,17,21,25-26H,1-6,9-12,14-16H2. The first-order valence-electron chi connectivity index (χ1n) is 10.9. The van der Waals surface area contributed by atoms with Crippen molar-refractivity contribution in [3.63, 3.8) is 0 Å². The largest absolute Gasteiger partial charge is 0.508 e. The lowest BCUT2D eigenvalue weighted by Crippen LogP contribution is -2.52. The zero-order valence-corrected chi connectivity index (χ0v) is 15.9. The number of phenols is 1. The summed E-state index contributed by atoms with van der Waals surface area (Å²) >= 11 is 0. The second-order valence-corrected chi connectivity index (χ2v) is 9.73. The lowest BCUT2D eigenvalue weighted by molar-refractivity contribution is -0.0649. The average molecular weight is 356 g/mol. The van der Waals surface area contributed by atoms with E-state index in [-0.39, 0.29) is 5.41 Å². The maximum absolute atomic E-state index is 11.6. The van der Waals surface area contributed by atoms with Gasteiger partial charge in [-0.3, -0.25) is 4.90 Å². The third-order valence-corrected chi connectivity index (χ3v) is 8.12. The van der Waals surface area contributed by atoms with Gasteiger partial charge in [0.15, 0.2) is 0 Å². The minimum atomic E-state index is -0.481. The van der Waals surface area contributed by atoms with Crippen molar-refractivity contribution in [1.82, 2.24) is 4.90 Å². The fourth-order valence-electron chi connectivity index (χ4n) is 6.48. The van der Waals surface area contributed by atoms with Gasteiger partial charge in [0, 0.05) is 24.5 Å². The molecule has 2 N–H and O–H groups in total. The van der Waals surface area contributed by atoms with E-state index in [1.165, 1.54) is 62.6 Å². The van der Waals surface area contributed by atoms with E-state index >= 15 is 0 Å². The zero-order valence-electron chi connectivity index (χ0n) is 15.9. The lowest BCUT2D eigenvalue weighted by Gasteiger charge is -2.43. The normalized spacial score (nSPS) is 34.1. The Morgan fingerprint density at radius 2 is 1.85 bits per heavy atom. The molecule has 0 radical (unpaired) electrons. The van der Waals surface area contributed by atoms with E-state index in [4.69, 9.17) is 0 Å². The van der Waals surface area contributed by atoms with Gasteiger partial charge in [-0.25, -0.2) is 0 Å². The van der Waals surface area contributed by atoms with Gasteiger partial charge in [0.1, 0.15) is 5.75 Å². The molecule has 4 aliphatic rings. The van der Waals surface area contributed by atoms with Crippen molar-refractivity contribution in [3.8, 4) is 5.75 Å². The van der Waals surface area contributed by atoms with Crippen molar-refractivity contribution in [2.24, 2.45) is 5.92 Å². The number of hydrogen-bond donors (Lipinski definition) is 2. The van der Waals surface area contributed by atoms with E-state index in [2.05, 4.69) is 11.0 Å². The van der Waals surface area contributed by atoms with Gasteiger partial charge in [-0.2, -0.15) is 0 Å². The molecule has 1 spiro atoms. The number of fused-ring (bicyclic) bond motifs is 2. The minimum Gasteiger partial charge on any atom is -0.508 e. The molecule has 2 unspecified atom stereocenters. The van der Waals surface area contributed by atoms with Gasteiger partial charge in [0.25, 0.3) is 0 Å². The van der Waals surface area contributed by atoms with Crippen LogP contribution in [0.15, 0.2) is 18.2 Å². The summed E-state index contributed by atoms with van der Waals surface area (Å²) in [6, 6.07) is 6.34. The van der Waals surface area contributed by atoms with Crippen LogP contribution in [0, 0.1) is 5.92 Å². The van der Waals surface area contributed by atoms with Gasteiger partial charge >= 0.3 is 0 Å². The van der Waals surface area contributed by atoms with Crippen molar-refractivity contribution < 1.29 is 10.2 Å². The highest BCUT2D eigenvalue weighted by Crippen LogP contribution is 2.52. The Hall–Kier alpha value is -1.06. The molecule has 3 nitrogen and oxygen atoms in total. The van der Waals surface area contributed by atoms with E-state index < -0.39 is 5.60 Å². The first-order valence-corrected chi connectivity index (χ1v) is 10.9. The summed E-state index contributed by atoms with van der Waals surface area (Å²) in [5, 5.41) is 21.5. The van der Waals surface area contributed by atoms with Crippen molar-refractivity contribution in [3.05, 3.63) is 29.3 Å². The predicted molar refractivity (Wildman–Crippen MR) is 103 cm³/mol. The summed E-state index contributed by atoms with van der Waals surface area (Å²) in [5.74, 6) is 1.24. The quantitative estimate of drug-likeness (QED) is 0.856. The molecular weight excluding hydrogens is 322 g/mol. The van der Waals surface area contributed by atoms with Crippen molar-refractivity contribution >= 4 is 0 Å². The van der Waals surface area contributed by atoms with Gasteiger partial charge in [0.2, 0.25) is 0 Å². The molecule has 1 aromatic carbocycles. The minimum absolute atomic E-state index is 0.199. The molecule has 2 atom stereocenters. The van der Waals surface area contributed by atoms with Crippen LogP contribution in [0.2, 0.25) is 0 Å². The molecule has 26 heavy (non-hydrogen) atoms. The Balaban J connectivity index is 1.46. The van der Waals surface area contributed by atoms with Gasteiger partial charge in [-0.1, -0.05) is 31.7 Å². The molecule has 5 rings (SSSR count). The molecular formula is C23H33NO2. The number of aliphatic hydroxyl groups is 1. The van der Waals surface area contributed by atoms with Crippen LogP contribution in [0.1, 0.15) is 75.3 Å². The van der Waals surface area contributed by atoms with Gasteiger partial charge in [0.05, 0.1) is 5.60 Å². The van der Waals surface area contributed by atoms with Crippen LogP contribution in [0.25, 0.3) is 0 Å². The maximum atomic E-state index is 11.6. The summed E-state index contributed by atoms with van der Waals surface area (Å²) in [7, 11) is 0. The Kier molecular flexibility index (Phi) is 4.09. The third kappa shape index (κ3) is 2.70. The zero-order chi connectivity index (χ0) is 17.8. The van der Waals surface area contributed by atoms with Crippen molar-refractivity contribution in [2.75, 3.05) is 13.1 Å². The molecule has 3 heteroatoms. The van der Waals surface area contributed by atoms with E-state index in [1.54, 1.807) is 0 Å². The van der Waals surface area contributed by atoms with E-state index in [1.807, 2.05) is 12.1 Å². The smallest absolute Gasteiger partial charge is 0.115 e. The molecule has 142 valence electrons. The van der Waals surface area contributed by atoms with Gasteiger partial charge < -0.3 is 10.2 Å². The van der Waals surface area contributed by atoms with Crippen molar-refractivity contribution in [1.29, 1.82) is 0 Å². The molecule has 3 fully saturated rings. The maximum Gasteiger partial charge on any atom is 0.115 e. The van der Waals surface area contributed by atoms with Crippen LogP contribution in [0.4, 0.5) is 0 Å². The van der Waals surface area contributed by atoms with Crippen LogP contribution < -0.4 is 0 Å². The van der Waals surface area contributed by atoms with E-state index in [0.717, 1.165) is 38.1 Å². The molecule has 1 aliphatic heterocycles. The Bertz CT molecular complexity index is 677. The number of aryl methyl sites for hydroxylation is 1. The average Bonchev–Trinajstić information content (AvgIpc) is 3.14. The third-order valence-electron chi connectivity index (χ3n) is 8.12. The summed E-state index contributed by atoms with van der Waals surface area (Å²) in [5.41, 5.74) is 2.51. The molecule has 1 heterocycles. The summed E-state index contributed by atoms with van der Waals surface area (Å²) in [4.78, 5) is 2.69. The predicted octanol–water partition coefficient (Wildman–Crippen LogP) is 4.15. The number of likely N-dealkylation sites (tertiary alicyclic amines) is 1. The van der Waals surface area contributed by atoms with Gasteiger partial charge in [-0.05, 0) is 74.1 Å². The van der Waals surface area contributed by atoms with Crippen LogP contribution >= 0.6 is 0 Å². The Labute approximate surface area is 157 Å². The number of hydrogen-bond acceptors (Lipinski definition) is 3. The second kappa shape index (κ2) is 6.24.